The molecule has 1 amide bonds. The number of benzene rings is 1. The van der Waals surface area contributed by atoms with Crippen molar-refractivity contribution in [2.24, 2.45) is 0 Å². The summed E-state index contributed by atoms with van der Waals surface area (Å²) >= 11 is 0. The molecule has 0 saturated carbocycles. The molecule has 2 rings (SSSR count). The molecule has 8 nitrogen and oxygen atoms in total. The van der Waals surface area contributed by atoms with Gasteiger partial charge in [0.2, 0.25) is 11.9 Å². The zero-order valence-corrected chi connectivity index (χ0v) is 13.6. The maximum atomic E-state index is 12.2. The summed E-state index contributed by atoms with van der Waals surface area (Å²) < 4.78 is 0. The van der Waals surface area contributed by atoms with Crippen LogP contribution >= 0.6 is 0 Å². The number of para-hydroxylation sites is 1. The third-order valence-electron chi connectivity index (χ3n) is 3.38. The second-order valence-electron chi connectivity index (χ2n) is 5.59. The van der Waals surface area contributed by atoms with Gasteiger partial charge < -0.3 is 21.7 Å². The molecule has 2 aromatic rings. The van der Waals surface area contributed by atoms with Crippen LogP contribution < -0.4 is 21.7 Å². The molecule has 0 radical (unpaired) electrons. The van der Waals surface area contributed by atoms with Gasteiger partial charge >= 0.3 is 0 Å². The standard InChI is InChI=1S/C15H21N7O/c1-9-5-4-6-10(2)13(9)20-12(23)8-22(3)7-11-18-14(16)21-15(17)19-11/h4-6H,7-8H2,1-3H3,(H,20,23)(H4,16,17,18,19,21)/p+1. The average molecular weight is 316 g/mol. The van der Waals surface area contributed by atoms with Crippen LogP contribution in [0, 0.1) is 13.8 Å². The number of carbonyl (C=O) groups excluding carboxylic acids is 1. The van der Waals surface area contributed by atoms with Gasteiger partial charge in [-0.25, -0.2) is 0 Å². The number of nitrogen functional groups attached to an aromatic ring is 2. The SMILES string of the molecule is Cc1cccc(C)c1NC(=O)C[NH+](C)Cc1nc(N)nc(N)n1. The fraction of sp³-hybridized carbons (Fsp3) is 0.333. The second-order valence-corrected chi connectivity index (χ2v) is 5.59. The number of anilines is 3. The molecule has 0 aliphatic heterocycles. The minimum absolute atomic E-state index is 0.0742. The van der Waals surface area contributed by atoms with Gasteiger partial charge in [0.15, 0.2) is 12.4 Å². The number of hydrogen-bond donors (Lipinski definition) is 4. The lowest BCUT2D eigenvalue weighted by atomic mass is 10.1. The second kappa shape index (κ2) is 7.01. The van der Waals surface area contributed by atoms with Gasteiger partial charge in [0.05, 0.1) is 7.05 Å². The molecule has 0 bridgehead atoms. The maximum Gasteiger partial charge on any atom is 0.279 e. The smallest absolute Gasteiger partial charge is 0.279 e. The Kier molecular flexibility index (Phi) is 5.07. The molecule has 1 aromatic carbocycles. The maximum absolute atomic E-state index is 12.2. The van der Waals surface area contributed by atoms with Crippen molar-refractivity contribution >= 4 is 23.5 Å². The Morgan fingerprint density at radius 1 is 1.13 bits per heavy atom. The number of carbonyl (C=O) groups is 1. The number of rotatable bonds is 5. The topological polar surface area (TPSA) is 124 Å². The molecule has 0 aliphatic rings. The van der Waals surface area contributed by atoms with Crippen molar-refractivity contribution < 1.29 is 9.69 Å². The van der Waals surface area contributed by atoms with E-state index in [1.807, 2.05) is 39.1 Å². The van der Waals surface area contributed by atoms with E-state index in [1.54, 1.807) is 0 Å². The number of nitrogens with one attached hydrogen (secondary N) is 2. The number of amides is 1. The third-order valence-corrected chi connectivity index (χ3v) is 3.38. The van der Waals surface area contributed by atoms with Crippen molar-refractivity contribution in [1.82, 2.24) is 15.0 Å². The summed E-state index contributed by atoms with van der Waals surface area (Å²) in [4.78, 5) is 24.9. The summed E-state index contributed by atoms with van der Waals surface area (Å²) in [6.07, 6.45) is 0. The highest BCUT2D eigenvalue weighted by Gasteiger charge is 2.15. The fourth-order valence-corrected chi connectivity index (χ4v) is 2.34. The van der Waals surface area contributed by atoms with Crippen LogP contribution in [-0.2, 0) is 11.3 Å². The van der Waals surface area contributed by atoms with Gasteiger partial charge in [-0.05, 0) is 25.0 Å². The molecule has 1 aromatic heterocycles. The Labute approximate surface area is 134 Å². The molecule has 23 heavy (non-hydrogen) atoms. The summed E-state index contributed by atoms with van der Waals surface area (Å²) in [6, 6.07) is 5.90. The van der Waals surface area contributed by atoms with Gasteiger partial charge in [-0.2, -0.15) is 15.0 Å². The highest BCUT2D eigenvalue weighted by Crippen LogP contribution is 2.18. The van der Waals surface area contributed by atoms with Gasteiger partial charge in [-0.1, -0.05) is 18.2 Å². The highest BCUT2D eigenvalue weighted by atomic mass is 16.2. The number of nitrogens with two attached hydrogens (primary N) is 2. The van der Waals surface area contributed by atoms with Crippen LogP contribution in [0.1, 0.15) is 17.0 Å². The predicted octanol–water partition coefficient (Wildman–Crippen LogP) is -0.694. The monoisotopic (exact) mass is 316 g/mol. The fourth-order valence-electron chi connectivity index (χ4n) is 2.34. The van der Waals surface area contributed by atoms with Gasteiger partial charge in [0.1, 0.15) is 6.54 Å². The number of aryl methyl sites for hydroxylation is 2. The zero-order chi connectivity index (χ0) is 17.0. The van der Waals surface area contributed by atoms with E-state index in [0.29, 0.717) is 12.4 Å². The lowest BCUT2D eigenvalue weighted by Gasteiger charge is -2.15. The van der Waals surface area contributed by atoms with Crippen LogP contribution in [0.2, 0.25) is 0 Å². The van der Waals surface area contributed by atoms with Crippen molar-refractivity contribution in [3.63, 3.8) is 0 Å². The Balaban J connectivity index is 1.97. The Morgan fingerprint density at radius 2 is 1.70 bits per heavy atom. The van der Waals surface area contributed by atoms with Crippen molar-refractivity contribution in [3.8, 4) is 0 Å². The minimum atomic E-state index is -0.0742. The lowest BCUT2D eigenvalue weighted by Crippen LogP contribution is -3.08. The van der Waals surface area contributed by atoms with Gasteiger partial charge in [-0.15, -0.1) is 0 Å². The number of aromatic nitrogens is 3. The molecular formula is C15H22N7O+. The van der Waals surface area contributed by atoms with Gasteiger partial charge in [0, 0.05) is 5.69 Å². The van der Waals surface area contributed by atoms with E-state index >= 15 is 0 Å². The first-order valence-electron chi connectivity index (χ1n) is 7.28. The first kappa shape index (κ1) is 16.6. The number of nitrogens with zero attached hydrogens (tertiary/aromatic N) is 3. The van der Waals surface area contributed by atoms with E-state index in [-0.39, 0.29) is 24.3 Å². The number of hydrogen-bond acceptors (Lipinski definition) is 6. The molecule has 6 N–H and O–H groups in total. The summed E-state index contributed by atoms with van der Waals surface area (Å²) in [6.45, 7) is 4.64. The summed E-state index contributed by atoms with van der Waals surface area (Å²) in [5.74, 6) is 0.558. The quantitative estimate of drug-likeness (QED) is 0.578. The van der Waals surface area contributed by atoms with Crippen LogP contribution in [0.25, 0.3) is 0 Å². The molecular weight excluding hydrogens is 294 g/mol. The molecule has 0 saturated heterocycles. The lowest BCUT2D eigenvalue weighted by molar-refractivity contribution is -0.885. The molecule has 1 unspecified atom stereocenters. The van der Waals surface area contributed by atoms with E-state index in [9.17, 15) is 4.79 Å². The Bertz CT molecular complexity index is 676. The van der Waals surface area contributed by atoms with Crippen molar-refractivity contribution in [1.29, 1.82) is 0 Å². The van der Waals surface area contributed by atoms with E-state index < -0.39 is 0 Å². The van der Waals surface area contributed by atoms with Crippen LogP contribution in [0.4, 0.5) is 17.6 Å². The molecule has 122 valence electrons. The Hall–Kier alpha value is -2.74. The van der Waals surface area contributed by atoms with E-state index in [1.165, 1.54) is 0 Å². The minimum Gasteiger partial charge on any atom is -0.368 e. The molecule has 1 atom stereocenters. The highest BCUT2D eigenvalue weighted by molar-refractivity contribution is 5.93. The van der Waals surface area contributed by atoms with E-state index in [2.05, 4.69) is 20.3 Å². The molecule has 0 fully saturated rings. The van der Waals surface area contributed by atoms with E-state index in [0.717, 1.165) is 21.7 Å². The normalized spacial score (nSPS) is 12.0. The largest absolute Gasteiger partial charge is 0.368 e. The van der Waals surface area contributed by atoms with Crippen LogP contribution in [0.3, 0.4) is 0 Å². The first-order chi connectivity index (χ1) is 10.8. The Morgan fingerprint density at radius 3 is 2.26 bits per heavy atom. The molecule has 8 heteroatoms. The van der Waals surface area contributed by atoms with Crippen LogP contribution in [0.15, 0.2) is 18.2 Å². The van der Waals surface area contributed by atoms with Crippen molar-refractivity contribution in [3.05, 3.63) is 35.2 Å². The van der Waals surface area contributed by atoms with Crippen molar-refractivity contribution in [2.75, 3.05) is 30.4 Å². The predicted molar refractivity (Wildman–Crippen MR) is 88.7 cm³/mol. The summed E-state index contributed by atoms with van der Waals surface area (Å²) in [7, 11) is 1.88. The summed E-state index contributed by atoms with van der Waals surface area (Å²) in [5.41, 5.74) is 14.0. The molecule has 0 spiro atoms. The zero-order valence-electron chi connectivity index (χ0n) is 13.6. The average Bonchev–Trinajstić information content (AvgIpc) is 2.41. The molecule has 0 aliphatic carbocycles. The van der Waals surface area contributed by atoms with Crippen LogP contribution in [0.5, 0.6) is 0 Å². The van der Waals surface area contributed by atoms with Gasteiger partial charge in [0.25, 0.3) is 5.91 Å². The molecule has 1 heterocycles. The van der Waals surface area contributed by atoms with Crippen LogP contribution in [-0.4, -0.2) is 34.5 Å². The number of quaternary nitrogens is 1. The van der Waals surface area contributed by atoms with E-state index in [4.69, 9.17) is 11.5 Å². The number of likely N-dealkylation sites (N-methyl/N-ethyl adjacent to an activating group) is 1. The van der Waals surface area contributed by atoms with Crippen molar-refractivity contribution in [2.45, 2.75) is 20.4 Å². The first-order valence-corrected chi connectivity index (χ1v) is 7.28. The summed E-state index contributed by atoms with van der Waals surface area (Å²) in [5, 5.41) is 2.96. The van der Waals surface area contributed by atoms with Gasteiger partial charge in [-0.3, -0.25) is 4.79 Å². The third kappa shape index (κ3) is 4.62.